The van der Waals surface area contributed by atoms with Crippen molar-refractivity contribution in [3.8, 4) is 11.5 Å². The molecule has 0 spiro atoms. The maximum atomic E-state index is 13.6. The maximum Gasteiger partial charge on any atom is 0.325 e. The van der Waals surface area contributed by atoms with Gasteiger partial charge in [-0.15, -0.1) is 0 Å². The molecule has 5 nitrogen and oxygen atoms in total. The quantitative estimate of drug-likeness (QED) is 0.916. The van der Waals surface area contributed by atoms with Crippen LogP contribution in [0.25, 0.3) is 0 Å². The summed E-state index contributed by atoms with van der Waals surface area (Å²) in [5.74, 6) is 0.818. The highest BCUT2D eigenvalue weighted by Gasteiger charge is 2.50. The van der Waals surface area contributed by atoms with Crippen LogP contribution in [0.5, 0.6) is 11.5 Å². The zero-order valence-corrected chi connectivity index (χ0v) is 13.4. The van der Waals surface area contributed by atoms with Crippen molar-refractivity contribution in [1.29, 1.82) is 0 Å². The van der Waals surface area contributed by atoms with E-state index in [1.165, 1.54) is 17.0 Å². The molecule has 0 aliphatic carbocycles. The second-order valence-electron chi connectivity index (χ2n) is 6.18. The van der Waals surface area contributed by atoms with Crippen LogP contribution in [0.2, 0.25) is 0 Å². The van der Waals surface area contributed by atoms with Crippen LogP contribution in [0.15, 0.2) is 42.5 Å². The van der Waals surface area contributed by atoms with E-state index in [4.69, 9.17) is 9.47 Å². The number of hydrogen-bond acceptors (Lipinski definition) is 3. The molecule has 2 bridgehead atoms. The van der Waals surface area contributed by atoms with Gasteiger partial charge in [-0.25, -0.2) is 9.18 Å². The average molecular weight is 328 g/mol. The Labute approximate surface area is 139 Å². The van der Waals surface area contributed by atoms with Gasteiger partial charge in [0.1, 0.15) is 5.82 Å². The summed E-state index contributed by atoms with van der Waals surface area (Å²) < 4.78 is 25.2. The number of ether oxygens (including phenoxy) is 2. The number of anilines is 1. The Hall–Kier alpha value is -2.76. The van der Waals surface area contributed by atoms with Gasteiger partial charge in [-0.1, -0.05) is 18.2 Å². The van der Waals surface area contributed by atoms with E-state index in [-0.39, 0.29) is 12.1 Å². The van der Waals surface area contributed by atoms with Crippen molar-refractivity contribution in [2.45, 2.75) is 25.1 Å². The second-order valence-corrected chi connectivity index (χ2v) is 6.18. The lowest BCUT2D eigenvalue weighted by Gasteiger charge is -2.50. The number of para-hydroxylation sites is 1. The molecule has 2 heterocycles. The van der Waals surface area contributed by atoms with Crippen molar-refractivity contribution in [2.24, 2.45) is 0 Å². The molecule has 1 fully saturated rings. The highest BCUT2D eigenvalue weighted by atomic mass is 19.1. The van der Waals surface area contributed by atoms with Crippen LogP contribution >= 0.6 is 0 Å². The van der Waals surface area contributed by atoms with E-state index >= 15 is 0 Å². The van der Waals surface area contributed by atoms with Gasteiger partial charge in [-0.3, -0.25) is 4.90 Å². The van der Waals surface area contributed by atoms with Gasteiger partial charge < -0.3 is 14.8 Å². The maximum absolute atomic E-state index is 13.6. The van der Waals surface area contributed by atoms with Crippen molar-refractivity contribution < 1.29 is 18.7 Å². The number of carbonyl (C=O) groups excluding carboxylic acids is 1. The molecular formula is C18H17FN2O3. The number of hydrogen-bond donors (Lipinski definition) is 1. The highest BCUT2D eigenvalue weighted by Crippen LogP contribution is 2.48. The number of nitrogens with zero attached hydrogens (tertiary/aromatic N) is 1. The molecule has 2 aromatic rings. The summed E-state index contributed by atoms with van der Waals surface area (Å²) >= 11 is 0. The first-order valence-corrected chi connectivity index (χ1v) is 7.74. The summed E-state index contributed by atoms with van der Waals surface area (Å²) in [6.45, 7) is 1.83. The van der Waals surface area contributed by atoms with Crippen molar-refractivity contribution >= 4 is 11.7 Å². The molecule has 0 saturated carbocycles. The highest BCUT2D eigenvalue weighted by molar-refractivity contribution is 5.95. The first kappa shape index (κ1) is 14.8. The second kappa shape index (κ2) is 5.12. The minimum atomic E-state index is -0.928. The summed E-state index contributed by atoms with van der Waals surface area (Å²) in [7, 11) is 1.58. The average Bonchev–Trinajstić information content (AvgIpc) is 2.53. The Bertz CT molecular complexity index is 826. The first-order valence-electron chi connectivity index (χ1n) is 7.74. The van der Waals surface area contributed by atoms with Crippen molar-refractivity contribution in [3.63, 3.8) is 0 Å². The molecule has 1 N–H and O–H groups in total. The Morgan fingerprint density at radius 3 is 2.88 bits per heavy atom. The van der Waals surface area contributed by atoms with Crippen LogP contribution in [-0.2, 0) is 0 Å². The predicted octanol–water partition coefficient (Wildman–Crippen LogP) is 3.60. The third-order valence-corrected chi connectivity index (χ3v) is 4.55. The minimum Gasteiger partial charge on any atom is -0.493 e. The molecule has 2 aliphatic rings. The Kier molecular flexibility index (Phi) is 3.16. The topological polar surface area (TPSA) is 50.8 Å². The Morgan fingerprint density at radius 1 is 1.33 bits per heavy atom. The zero-order valence-electron chi connectivity index (χ0n) is 13.4. The lowest BCUT2D eigenvalue weighted by atomic mass is 9.90. The SMILES string of the molecule is COc1cccc2c1OC1(C)CC2NC(=O)N1c1cccc(F)c1. The molecule has 2 atom stereocenters. The molecule has 0 radical (unpaired) electrons. The Morgan fingerprint density at radius 2 is 2.12 bits per heavy atom. The molecule has 24 heavy (non-hydrogen) atoms. The van der Waals surface area contributed by atoms with Crippen LogP contribution < -0.4 is 19.7 Å². The van der Waals surface area contributed by atoms with Crippen LogP contribution in [0.3, 0.4) is 0 Å². The van der Waals surface area contributed by atoms with E-state index in [1.807, 2.05) is 25.1 Å². The van der Waals surface area contributed by atoms with Gasteiger partial charge in [0.15, 0.2) is 17.2 Å². The van der Waals surface area contributed by atoms with E-state index in [0.717, 1.165) is 5.56 Å². The third-order valence-electron chi connectivity index (χ3n) is 4.55. The van der Waals surface area contributed by atoms with Crippen molar-refractivity contribution in [3.05, 3.63) is 53.8 Å². The number of urea groups is 1. The standard InChI is InChI=1S/C18H17FN2O3/c1-18-10-14(13-7-4-8-15(23-2)16(13)24-18)20-17(22)21(18)12-6-3-5-11(19)9-12/h3-9,14H,10H2,1-2H3,(H,20,22). The molecular weight excluding hydrogens is 311 g/mol. The lowest BCUT2D eigenvalue weighted by Crippen LogP contribution is -2.65. The van der Waals surface area contributed by atoms with Gasteiger partial charge >= 0.3 is 6.03 Å². The molecule has 1 saturated heterocycles. The summed E-state index contributed by atoms with van der Waals surface area (Å²) in [6.07, 6.45) is 0.551. The zero-order chi connectivity index (χ0) is 16.9. The third kappa shape index (κ3) is 2.10. The first-order chi connectivity index (χ1) is 11.5. The van der Waals surface area contributed by atoms with E-state index in [1.54, 1.807) is 19.2 Å². The molecule has 2 unspecified atom stereocenters. The fourth-order valence-corrected chi connectivity index (χ4v) is 3.53. The van der Waals surface area contributed by atoms with Gasteiger partial charge in [0.25, 0.3) is 0 Å². The molecule has 0 aromatic heterocycles. The number of nitrogens with one attached hydrogen (secondary N) is 1. The van der Waals surface area contributed by atoms with E-state index in [2.05, 4.69) is 5.32 Å². The van der Waals surface area contributed by atoms with Crippen molar-refractivity contribution in [2.75, 3.05) is 12.0 Å². The number of carbonyl (C=O) groups is 1. The Balaban J connectivity index is 1.83. The number of halogens is 1. The minimum absolute atomic E-state index is 0.175. The molecule has 2 amide bonds. The van der Waals surface area contributed by atoms with Crippen LogP contribution in [0.4, 0.5) is 14.9 Å². The van der Waals surface area contributed by atoms with Gasteiger partial charge in [-0.05, 0) is 31.2 Å². The van der Waals surface area contributed by atoms with Gasteiger partial charge in [0, 0.05) is 12.0 Å². The molecule has 2 aliphatic heterocycles. The van der Waals surface area contributed by atoms with Crippen LogP contribution in [-0.4, -0.2) is 18.9 Å². The van der Waals surface area contributed by atoms with Crippen LogP contribution in [0.1, 0.15) is 24.9 Å². The van der Waals surface area contributed by atoms with E-state index in [0.29, 0.717) is 23.6 Å². The summed E-state index contributed by atoms with van der Waals surface area (Å²) in [6, 6.07) is 11.1. The van der Waals surface area contributed by atoms with Crippen molar-refractivity contribution in [1.82, 2.24) is 5.32 Å². The van der Waals surface area contributed by atoms with Gasteiger partial charge in [0.05, 0.1) is 18.8 Å². The van der Waals surface area contributed by atoms with Crippen LogP contribution in [0, 0.1) is 5.82 Å². The number of benzene rings is 2. The van der Waals surface area contributed by atoms with E-state index in [9.17, 15) is 9.18 Å². The van der Waals surface area contributed by atoms with E-state index < -0.39 is 11.5 Å². The smallest absolute Gasteiger partial charge is 0.325 e. The molecule has 2 aromatic carbocycles. The number of rotatable bonds is 2. The molecule has 124 valence electrons. The monoisotopic (exact) mass is 328 g/mol. The predicted molar refractivity (Wildman–Crippen MR) is 86.8 cm³/mol. The number of amides is 2. The summed E-state index contributed by atoms with van der Waals surface area (Å²) in [5, 5.41) is 2.98. The summed E-state index contributed by atoms with van der Waals surface area (Å²) in [4.78, 5) is 14.1. The molecule has 6 heteroatoms. The van der Waals surface area contributed by atoms with Gasteiger partial charge in [0.2, 0.25) is 0 Å². The number of methoxy groups -OCH3 is 1. The van der Waals surface area contributed by atoms with Gasteiger partial charge in [-0.2, -0.15) is 0 Å². The molecule has 4 rings (SSSR count). The fraction of sp³-hybridized carbons (Fsp3) is 0.278. The summed E-state index contributed by atoms with van der Waals surface area (Å²) in [5.41, 5.74) is 0.411. The fourth-order valence-electron chi connectivity index (χ4n) is 3.53. The largest absolute Gasteiger partial charge is 0.493 e. The number of fused-ring (bicyclic) bond motifs is 4. The normalized spacial score (nSPS) is 24.7. The lowest BCUT2D eigenvalue weighted by molar-refractivity contribution is 0.0349.